The van der Waals surface area contributed by atoms with Gasteiger partial charge in [-0.3, -0.25) is 24.1 Å². The van der Waals surface area contributed by atoms with E-state index in [-0.39, 0.29) is 41.1 Å². The second-order valence-electron chi connectivity index (χ2n) is 15.1. The van der Waals surface area contributed by atoms with Gasteiger partial charge in [-0.25, -0.2) is 14.3 Å². The Labute approximate surface area is 318 Å². The highest BCUT2D eigenvalue weighted by Gasteiger charge is 2.68. The number of aromatic hydroxyl groups is 1. The number of para-hydroxylation sites is 2. The predicted molar refractivity (Wildman–Crippen MR) is 199 cm³/mol. The number of rotatable bonds is 4. The number of phenolic OH excluding ortho intramolecular Hbond substituents is 1. The van der Waals surface area contributed by atoms with Gasteiger partial charge in [0.2, 0.25) is 29.5 Å². The number of anilines is 2. The van der Waals surface area contributed by atoms with Crippen LogP contribution in [0.15, 0.2) is 113 Å². The summed E-state index contributed by atoms with van der Waals surface area (Å²) in [6.07, 6.45) is 4.29. The Morgan fingerprint density at radius 2 is 1.67 bits per heavy atom. The van der Waals surface area contributed by atoms with Gasteiger partial charge in [0.05, 0.1) is 45.8 Å². The van der Waals surface area contributed by atoms with Crippen molar-refractivity contribution >= 4 is 57.7 Å². The number of carbonyl (C=O) groups excluding carboxylic acids is 4. The summed E-state index contributed by atoms with van der Waals surface area (Å²) >= 11 is 6.14. The first-order valence-corrected chi connectivity index (χ1v) is 18.5. The van der Waals surface area contributed by atoms with Gasteiger partial charge in [-0.2, -0.15) is 0 Å². The van der Waals surface area contributed by atoms with Gasteiger partial charge in [0, 0.05) is 23.5 Å². The van der Waals surface area contributed by atoms with Crippen LogP contribution in [-0.4, -0.2) is 33.7 Å². The van der Waals surface area contributed by atoms with Crippen LogP contribution in [0.4, 0.5) is 15.8 Å². The number of phenols is 1. The van der Waals surface area contributed by atoms with Crippen LogP contribution in [0.2, 0.25) is 5.02 Å². The number of oxazole rings is 1. The topological polar surface area (TPSA) is 130 Å². The summed E-state index contributed by atoms with van der Waals surface area (Å²) in [4.78, 5) is 64.9. The maximum atomic E-state index is 14.8. The number of allylic oxidation sites excluding steroid dienone is 3. The Hall–Kier alpha value is -6.07. The Morgan fingerprint density at radius 1 is 0.891 bits per heavy atom. The van der Waals surface area contributed by atoms with E-state index in [1.165, 1.54) is 23.1 Å². The number of aromatic nitrogens is 1. The van der Waals surface area contributed by atoms with Crippen LogP contribution in [0.1, 0.15) is 25.3 Å². The zero-order valence-electron chi connectivity index (χ0n) is 29.2. The fourth-order valence-corrected chi connectivity index (χ4v) is 9.89. The average Bonchev–Trinajstić information content (AvgIpc) is 3.79. The molecule has 0 unspecified atom stereocenters. The Morgan fingerprint density at radius 3 is 2.45 bits per heavy atom. The lowest BCUT2D eigenvalue weighted by molar-refractivity contribution is -0.132. The van der Waals surface area contributed by atoms with Crippen molar-refractivity contribution in [1.29, 1.82) is 0 Å². The SMILES string of the molecule is C[C@@]12C(=O)N(c3ccc(F)c(Cl)c3)C(=O)[C@@H]1C[C@@H]1C(=CC[C@@H]3C(=O)N(c4ccc(-c5nc6ccccc6o5)cc4)C(=O)[C@@H]31)[C@@H]2C1=COc2ccc(O)cc2C1. The summed E-state index contributed by atoms with van der Waals surface area (Å²) in [5.74, 6) is -4.92. The van der Waals surface area contributed by atoms with E-state index in [1.54, 1.807) is 49.6 Å². The number of hydrogen-bond acceptors (Lipinski definition) is 8. The first kappa shape index (κ1) is 33.5. The third-order valence-electron chi connectivity index (χ3n) is 12.2. The fraction of sp³-hybridized carbons (Fsp3) is 0.233. The highest BCUT2D eigenvalue weighted by molar-refractivity contribution is 6.32. The van der Waals surface area contributed by atoms with Crippen molar-refractivity contribution in [3.05, 3.63) is 125 Å². The molecular weight excluding hydrogens is 725 g/mol. The summed E-state index contributed by atoms with van der Waals surface area (Å²) in [7, 11) is 0. The highest BCUT2D eigenvalue weighted by atomic mass is 35.5. The maximum absolute atomic E-state index is 14.8. The van der Waals surface area contributed by atoms with Crippen LogP contribution in [-0.2, 0) is 25.6 Å². The van der Waals surface area contributed by atoms with Gasteiger partial charge < -0.3 is 14.3 Å². The fourth-order valence-electron chi connectivity index (χ4n) is 9.72. The van der Waals surface area contributed by atoms with Crippen molar-refractivity contribution in [2.45, 2.75) is 26.2 Å². The minimum Gasteiger partial charge on any atom is -0.508 e. The molecule has 6 atom stereocenters. The van der Waals surface area contributed by atoms with Crippen LogP contribution in [0.25, 0.3) is 22.6 Å². The zero-order valence-corrected chi connectivity index (χ0v) is 30.0. The summed E-state index contributed by atoms with van der Waals surface area (Å²) in [5.41, 5.74) is 3.47. The monoisotopic (exact) mass is 755 g/mol. The lowest BCUT2D eigenvalue weighted by atomic mass is 9.51. The van der Waals surface area contributed by atoms with Crippen molar-refractivity contribution < 1.29 is 37.8 Å². The number of benzene rings is 4. The molecule has 12 heteroatoms. The van der Waals surface area contributed by atoms with Gasteiger partial charge in [0.1, 0.15) is 22.8 Å². The molecule has 2 aliphatic carbocycles. The van der Waals surface area contributed by atoms with Gasteiger partial charge in [-0.05, 0) is 104 Å². The predicted octanol–water partition coefficient (Wildman–Crippen LogP) is 7.78. The molecule has 1 aromatic heterocycles. The van der Waals surface area contributed by atoms with E-state index in [0.29, 0.717) is 51.5 Å². The summed E-state index contributed by atoms with van der Waals surface area (Å²) < 4.78 is 26.2. The number of amides is 4. The van der Waals surface area contributed by atoms with Crippen LogP contribution in [0.5, 0.6) is 11.5 Å². The van der Waals surface area contributed by atoms with E-state index >= 15 is 0 Å². The van der Waals surface area contributed by atoms with Gasteiger partial charge >= 0.3 is 0 Å². The number of halogens is 2. The lowest BCUT2D eigenvalue weighted by Crippen LogP contribution is -2.51. The third-order valence-corrected chi connectivity index (χ3v) is 12.5. The number of nitrogens with zero attached hydrogens (tertiary/aromatic N) is 3. The Bertz CT molecular complexity index is 2570. The normalized spacial score (nSPS) is 27.0. The second-order valence-corrected chi connectivity index (χ2v) is 15.5. The molecule has 5 aliphatic rings. The minimum absolute atomic E-state index is 0.0532. The molecule has 10 nitrogen and oxygen atoms in total. The number of carbonyl (C=O) groups is 4. The molecule has 10 rings (SSSR count). The molecule has 4 heterocycles. The van der Waals surface area contributed by atoms with E-state index in [9.17, 15) is 28.7 Å². The van der Waals surface area contributed by atoms with Gasteiger partial charge in [-0.15, -0.1) is 0 Å². The molecule has 5 aromatic rings. The molecule has 1 saturated carbocycles. The summed E-state index contributed by atoms with van der Waals surface area (Å²) in [5, 5.41) is 10.1. The number of ether oxygens (including phenoxy) is 1. The van der Waals surface area contributed by atoms with Gasteiger partial charge in [0.15, 0.2) is 5.58 Å². The molecule has 4 aromatic carbocycles. The number of fused-ring (bicyclic) bond motifs is 6. The molecule has 4 amide bonds. The molecule has 3 fully saturated rings. The van der Waals surface area contributed by atoms with E-state index < -0.39 is 52.6 Å². The number of hydrogen-bond donors (Lipinski definition) is 1. The minimum atomic E-state index is -1.33. The van der Waals surface area contributed by atoms with E-state index in [2.05, 4.69) is 4.98 Å². The van der Waals surface area contributed by atoms with Gasteiger partial charge in [-0.1, -0.05) is 35.4 Å². The van der Waals surface area contributed by atoms with Crippen molar-refractivity contribution in [2.24, 2.45) is 35.0 Å². The molecule has 55 heavy (non-hydrogen) atoms. The van der Waals surface area contributed by atoms with Crippen LogP contribution in [0, 0.1) is 40.8 Å². The molecular formula is C43H31ClFN3O7. The van der Waals surface area contributed by atoms with Crippen molar-refractivity contribution in [2.75, 3.05) is 9.80 Å². The van der Waals surface area contributed by atoms with Crippen LogP contribution < -0.4 is 14.5 Å². The molecule has 3 aliphatic heterocycles. The second kappa shape index (κ2) is 12.0. The molecule has 0 spiro atoms. The molecule has 0 radical (unpaired) electrons. The third kappa shape index (κ3) is 4.81. The molecule has 2 saturated heterocycles. The van der Waals surface area contributed by atoms with Crippen molar-refractivity contribution in [1.82, 2.24) is 4.98 Å². The van der Waals surface area contributed by atoms with Crippen LogP contribution in [0.3, 0.4) is 0 Å². The Balaban J connectivity index is 1.03. The standard InChI is InChI=1S/C43H31ClFN3O7/c1-43-30(40(51)48(42(43)53)25-10-14-32(45)31(44)18-25)19-29-27(37(43)23-16-22-17-26(49)11-15-34(22)54-20-23)12-13-28-36(29)41(52)47(39(28)50)24-8-6-21(7-9-24)38-46-33-4-2-3-5-35(33)55-38/h2-12,14-15,17-18,20,28-30,36-37,49H,13,16,19H2,1H3/t28-,29+,30-,36-,37-,43+/m0/s1. The molecule has 1 N–H and O–H groups in total. The smallest absolute Gasteiger partial charge is 0.241 e. The summed E-state index contributed by atoms with van der Waals surface area (Å²) in [6.45, 7) is 1.77. The average molecular weight is 756 g/mol. The van der Waals surface area contributed by atoms with Crippen molar-refractivity contribution in [3.8, 4) is 23.0 Å². The van der Waals surface area contributed by atoms with Gasteiger partial charge in [0.25, 0.3) is 0 Å². The first-order chi connectivity index (χ1) is 26.5. The largest absolute Gasteiger partial charge is 0.508 e. The lowest BCUT2D eigenvalue weighted by Gasteiger charge is -2.49. The van der Waals surface area contributed by atoms with Crippen molar-refractivity contribution in [3.63, 3.8) is 0 Å². The quantitative estimate of drug-likeness (QED) is 0.145. The highest BCUT2D eigenvalue weighted by Crippen LogP contribution is 2.63. The first-order valence-electron chi connectivity index (χ1n) is 18.1. The molecule has 274 valence electrons. The number of imide groups is 2. The maximum Gasteiger partial charge on any atom is 0.241 e. The molecule has 0 bridgehead atoms. The van der Waals surface area contributed by atoms with E-state index in [4.69, 9.17) is 20.8 Å². The zero-order chi connectivity index (χ0) is 37.9. The van der Waals surface area contributed by atoms with Crippen LogP contribution >= 0.6 is 11.6 Å². The summed E-state index contributed by atoms with van der Waals surface area (Å²) in [6, 6.07) is 22.9. The van der Waals surface area contributed by atoms with E-state index in [0.717, 1.165) is 16.5 Å². The Kier molecular flexibility index (Phi) is 7.29. The van der Waals surface area contributed by atoms with E-state index in [1.807, 2.05) is 30.3 Å².